The van der Waals surface area contributed by atoms with Crippen LogP contribution in [0.15, 0.2) is 72.8 Å². The number of unbranched alkanes of at least 4 members (excludes halogenated alkanes) is 1. The van der Waals surface area contributed by atoms with E-state index in [4.69, 9.17) is 26.8 Å². The van der Waals surface area contributed by atoms with Crippen molar-refractivity contribution >= 4 is 17.7 Å². The molecule has 0 unspecified atom stereocenters. The first-order chi connectivity index (χ1) is 21.9. The Morgan fingerprint density at radius 1 is 0.933 bits per heavy atom. The van der Waals surface area contributed by atoms with Crippen LogP contribution in [0.1, 0.15) is 48.0 Å². The van der Waals surface area contributed by atoms with Crippen LogP contribution in [0.4, 0.5) is 4.79 Å². The first kappa shape index (κ1) is 31.9. The summed E-state index contributed by atoms with van der Waals surface area (Å²) in [5.41, 5.74) is 5.48. The molecule has 0 aliphatic carbocycles. The van der Waals surface area contributed by atoms with Crippen molar-refractivity contribution in [3.8, 4) is 22.5 Å². The standard InChI is InChI=1S/C31H32ClN7O6/c1-2-3-8-28-33-29(32)27(18-40)37(28)17-21-13-15-24(16-14-21)25-6-4-5-7-26(25)30-34-36-38(35-30)31(41)44-19-22-9-11-23(12-10-22)20-45-39(42)43/h4-7,9-16,40,42-43H,2-3,8,17-20H2,1H3. The lowest BCUT2D eigenvalue weighted by Gasteiger charge is -2.12. The van der Waals surface area contributed by atoms with Crippen LogP contribution >= 0.6 is 11.6 Å². The van der Waals surface area contributed by atoms with Crippen LogP contribution in [-0.4, -0.2) is 56.8 Å². The molecule has 0 fully saturated rings. The lowest BCUT2D eigenvalue weighted by atomic mass is 9.98. The number of carbonyl (C=O) groups excluding carboxylic acids is 1. The molecular weight excluding hydrogens is 602 g/mol. The van der Waals surface area contributed by atoms with E-state index in [1.807, 2.05) is 53.1 Å². The van der Waals surface area contributed by atoms with Gasteiger partial charge in [0.15, 0.2) is 5.15 Å². The molecule has 0 atom stereocenters. The van der Waals surface area contributed by atoms with Crippen LogP contribution in [0.5, 0.6) is 0 Å². The summed E-state index contributed by atoms with van der Waals surface area (Å²) in [5.74, 6) is 1.12. The molecule has 0 aliphatic rings. The van der Waals surface area contributed by atoms with Gasteiger partial charge in [0.05, 0.1) is 24.3 Å². The minimum absolute atomic E-state index is 0.0307. The zero-order valence-corrected chi connectivity index (χ0v) is 25.2. The number of benzene rings is 3. The van der Waals surface area contributed by atoms with Crippen LogP contribution in [0.25, 0.3) is 22.5 Å². The zero-order valence-electron chi connectivity index (χ0n) is 24.5. The summed E-state index contributed by atoms with van der Waals surface area (Å²) in [4.78, 5) is 22.5. The largest absolute Gasteiger partial charge is 0.454 e. The van der Waals surface area contributed by atoms with Gasteiger partial charge >= 0.3 is 6.09 Å². The molecule has 14 heteroatoms. The number of aryl methyl sites for hydroxylation is 1. The average molecular weight is 634 g/mol. The van der Waals surface area contributed by atoms with Crippen LogP contribution in [-0.2, 0) is 42.4 Å². The van der Waals surface area contributed by atoms with Crippen molar-refractivity contribution in [2.45, 2.75) is 52.6 Å². The Labute approximate surface area is 263 Å². The lowest BCUT2D eigenvalue weighted by molar-refractivity contribution is -0.497. The molecule has 13 nitrogen and oxygen atoms in total. The molecule has 0 spiro atoms. The number of halogens is 1. The van der Waals surface area contributed by atoms with Gasteiger partial charge in [-0.15, -0.1) is 10.2 Å². The van der Waals surface area contributed by atoms with Crippen molar-refractivity contribution in [2.24, 2.45) is 0 Å². The Morgan fingerprint density at radius 3 is 2.27 bits per heavy atom. The number of hydrogen-bond acceptors (Lipinski definition) is 11. The summed E-state index contributed by atoms with van der Waals surface area (Å²) in [6, 6.07) is 22.4. The number of ether oxygens (including phenoxy) is 1. The predicted molar refractivity (Wildman–Crippen MR) is 162 cm³/mol. The monoisotopic (exact) mass is 633 g/mol. The number of aliphatic hydroxyl groups is 1. The first-order valence-electron chi connectivity index (χ1n) is 14.2. The highest BCUT2D eigenvalue weighted by Crippen LogP contribution is 2.30. The minimum Gasteiger partial charge on any atom is -0.442 e. The maximum absolute atomic E-state index is 12.6. The highest BCUT2D eigenvalue weighted by molar-refractivity contribution is 6.30. The molecule has 3 aromatic carbocycles. The van der Waals surface area contributed by atoms with Gasteiger partial charge in [-0.2, -0.15) is 0 Å². The van der Waals surface area contributed by atoms with Gasteiger partial charge < -0.3 is 14.4 Å². The molecule has 0 bridgehead atoms. The van der Waals surface area contributed by atoms with Gasteiger partial charge in [-0.3, -0.25) is 10.4 Å². The highest BCUT2D eigenvalue weighted by atomic mass is 35.5. The number of aliphatic hydroxyl groups excluding tert-OH is 1. The van der Waals surface area contributed by atoms with Gasteiger partial charge in [-0.25, -0.2) is 14.6 Å². The number of carbonyl (C=O) groups is 1. The van der Waals surface area contributed by atoms with Crippen molar-refractivity contribution in [3.05, 3.63) is 106 Å². The van der Waals surface area contributed by atoms with Crippen molar-refractivity contribution in [1.29, 1.82) is 0 Å². The van der Waals surface area contributed by atoms with Crippen molar-refractivity contribution in [2.75, 3.05) is 0 Å². The Balaban J connectivity index is 1.27. The summed E-state index contributed by atoms with van der Waals surface area (Å²) < 4.78 is 7.32. The van der Waals surface area contributed by atoms with Crippen LogP contribution in [0.2, 0.25) is 5.15 Å². The SMILES string of the molecule is CCCCc1nc(Cl)c(CO)n1Cc1ccc(-c2ccccc2-c2nnn(C(=O)OCc3ccc(CON(O)O)cc3)n2)cc1. The second-order valence-corrected chi connectivity index (χ2v) is 10.5. The van der Waals surface area contributed by atoms with Crippen LogP contribution in [0, 0.1) is 0 Å². The van der Waals surface area contributed by atoms with Crippen LogP contribution < -0.4 is 0 Å². The van der Waals surface area contributed by atoms with Crippen LogP contribution in [0.3, 0.4) is 0 Å². The summed E-state index contributed by atoms with van der Waals surface area (Å²) in [5, 5.41) is 39.4. The fraction of sp³-hybridized carbons (Fsp3) is 0.258. The maximum Gasteiger partial charge on any atom is 0.454 e. The predicted octanol–water partition coefficient (Wildman–Crippen LogP) is 5.44. The van der Waals surface area contributed by atoms with Gasteiger partial charge in [-0.1, -0.05) is 103 Å². The zero-order chi connectivity index (χ0) is 31.8. The third-order valence-corrected chi connectivity index (χ3v) is 7.39. The smallest absolute Gasteiger partial charge is 0.442 e. The van der Waals surface area contributed by atoms with Crippen molar-refractivity contribution < 1.29 is 29.9 Å². The Morgan fingerprint density at radius 2 is 1.60 bits per heavy atom. The molecule has 0 saturated heterocycles. The molecule has 0 amide bonds. The Bertz CT molecular complexity index is 1720. The Kier molecular flexibility index (Phi) is 10.6. The van der Waals surface area contributed by atoms with E-state index in [9.17, 15) is 9.90 Å². The summed E-state index contributed by atoms with van der Waals surface area (Å²) in [6.45, 7) is 2.38. The second-order valence-electron chi connectivity index (χ2n) is 10.2. The van der Waals surface area contributed by atoms with E-state index in [0.29, 0.717) is 34.1 Å². The summed E-state index contributed by atoms with van der Waals surface area (Å²) in [6.07, 6.45) is 2.00. The molecule has 0 aliphatic heterocycles. The third-order valence-electron chi connectivity index (χ3n) is 7.09. The molecule has 45 heavy (non-hydrogen) atoms. The summed E-state index contributed by atoms with van der Waals surface area (Å²) >= 11 is 6.31. The van der Waals surface area contributed by atoms with E-state index in [2.05, 4.69) is 32.2 Å². The molecule has 5 rings (SSSR count). The molecule has 5 aromatic rings. The number of nitrogens with zero attached hydrogens (tertiary/aromatic N) is 7. The van der Waals surface area contributed by atoms with Crippen molar-refractivity contribution in [1.82, 2.24) is 35.1 Å². The van der Waals surface area contributed by atoms with E-state index in [-0.39, 0.29) is 31.0 Å². The molecule has 2 heterocycles. The minimum atomic E-state index is -0.792. The number of rotatable bonds is 13. The average Bonchev–Trinajstić information content (AvgIpc) is 3.67. The fourth-order valence-corrected chi connectivity index (χ4v) is 5.00. The fourth-order valence-electron chi connectivity index (χ4n) is 4.74. The molecule has 0 saturated carbocycles. The maximum atomic E-state index is 12.6. The molecule has 2 aromatic heterocycles. The highest BCUT2D eigenvalue weighted by Gasteiger charge is 2.18. The lowest BCUT2D eigenvalue weighted by Crippen LogP contribution is -2.17. The van der Waals surface area contributed by atoms with E-state index >= 15 is 0 Å². The third kappa shape index (κ3) is 7.97. The van der Waals surface area contributed by atoms with E-state index in [1.54, 1.807) is 24.3 Å². The normalized spacial score (nSPS) is 11.3. The first-order valence-corrected chi connectivity index (χ1v) is 14.6. The van der Waals surface area contributed by atoms with E-state index < -0.39 is 6.09 Å². The van der Waals surface area contributed by atoms with E-state index in [0.717, 1.165) is 46.6 Å². The molecule has 234 valence electrons. The Hall–Kier alpha value is -4.50. The number of hydrogen-bond donors (Lipinski definition) is 3. The number of tetrazole rings is 1. The number of imidazole rings is 1. The van der Waals surface area contributed by atoms with Gasteiger partial charge in [0.2, 0.25) is 5.82 Å². The second kappa shape index (κ2) is 15.0. The van der Waals surface area contributed by atoms with Gasteiger partial charge in [0, 0.05) is 18.5 Å². The molecule has 3 N–H and O–H groups in total. The summed E-state index contributed by atoms with van der Waals surface area (Å²) in [7, 11) is 0. The molecular formula is C31H32ClN7O6. The molecule has 0 radical (unpaired) electrons. The quantitative estimate of drug-likeness (QED) is 0.142. The van der Waals surface area contributed by atoms with Crippen molar-refractivity contribution in [3.63, 3.8) is 0 Å². The van der Waals surface area contributed by atoms with Gasteiger partial charge in [0.1, 0.15) is 12.4 Å². The van der Waals surface area contributed by atoms with E-state index in [1.165, 1.54) is 0 Å². The van der Waals surface area contributed by atoms with Gasteiger partial charge in [-0.05, 0) is 39.5 Å². The topological polar surface area (TPSA) is 161 Å². The van der Waals surface area contributed by atoms with Gasteiger partial charge in [0.25, 0.3) is 0 Å². The number of aromatic nitrogens is 6.